The van der Waals surface area contributed by atoms with Gasteiger partial charge in [-0.2, -0.15) is 0 Å². The monoisotopic (exact) mass is 325 g/mol. The molecule has 0 unspecified atom stereocenters. The van der Waals surface area contributed by atoms with Crippen LogP contribution in [0.2, 0.25) is 0 Å². The van der Waals surface area contributed by atoms with Crippen LogP contribution in [0, 0.1) is 0 Å². The summed E-state index contributed by atoms with van der Waals surface area (Å²) in [6, 6.07) is 6.07. The third-order valence-corrected chi connectivity index (χ3v) is 4.25. The first-order valence-electron chi connectivity index (χ1n) is 8.58. The third kappa shape index (κ3) is 4.75. The van der Waals surface area contributed by atoms with E-state index in [4.69, 9.17) is 0 Å². The Labute approximate surface area is 142 Å². The highest BCUT2D eigenvalue weighted by atomic mass is 16.1. The Hall–Kier alpha value is -2.50. The molecule has 1 saturated carbocycles. The van der Waals surface area contributed by atoms with Gasteiger partial charge in [-0.3, -0.25) is 9.78 Å². The molecule has 2 N–H and O–H groups in total. The van der Waals surface area contributed by atoms with E-state index in [1.165, 1.54) is 44.7 Å². The quantitative estimate of drug-likeness (QED) is 0.826. The number of hydrogen-bond donors (Lipinski definition) is 2. The van der Waals surface area contributed by atoms with Crippen molar-refractivity contribution < 1.29 is 4.79 Å². The molecule has 0 atom stereocenters. The predicted molar refractivity (Wildman–Crippen MR) is 92.6 cm³/mol. The minimum atomic E-state index is -0.242. The fraction of sp³-hybridized carbons (Fsp3) is 0.444. The van der Waals surface area contributed by atoms with Gasteiger partial charge < -0.3 is 10.6 Å². The van der Waals surface area contributed by atoms with Gasteiger partial charge in [0.15, 0.2) is 0 Å². The standard InChI is InChI=1S/C18H23N5O/c24-18(22-11-15-9-5-6-10-19-15)16-12-21-17(13-20-16)23-14-7-3-1-2-4-8-14/h5-6,9-10,12-14H,1-4,7-8,11H2,(H,21,23)(H,22,24). The summed E-state index contributed by atoms with van der Waals surface area (Å²) in [4.78, 5) is 24.8. The number of anilines is 1. The Balaban J connectivity index is 1.52. The van der Waals surface area contributed by atoms with E-state index in [0.717, 1.165) is 11.5 Å². The van der Waals surface area contributed by atoms with Crippen LogP contribution in [0.1, 0.15) is 54.7 Å². The number of rotatable bonds is 5. The lowest BCUT2D eigenvalue weighted by molar-refractivity contribution is 0.0945. The zero-order valence-electron chi connectivity index (χ0n) is 13.7. The minimum absolute atomic E-state index is 0.242. The van der Waals surface area contributed by atoms with Gasteiger partial charge >= 0.3 is 0 Å². The van der Waals surface area contributed by atoms with Gasteiger partial charge in [0.05, 0.1) is 24.6 Å². The van der Waals surface area contributed by atoms with Gasteiger partial charge in [-0.1, -0.05) is 31.7 Å². The molecule has 0 bridgehead atoms. The molecule has 126 valence electrons. The van der Waals surface area contributed by atoms with Gasteiger partial charge in [0.25, 0.3) is 5.91 Å². The molecule has 2 aromatic heterocycles. The van der Waals surface area contributed by atoms with Crippen LogP contribution in [0.25, 0.3) is 0 Å². The average molecular weight is 325 g/mol. The summed E-state index contributed by atoms with van der Waals surface area (Å²) in [5.74, 6) is 0.498. The van der Waals surface area contributed by atoms with E-state index >= 15 is 0 Å². The zero-order valence-corrected chi connectivity index (χ0v) is 13.7. The number of carbonyl (C=O) groups excluding carboxylic acids is 1. The molecule has 0 aromatic carbocycles. The second-order valence-electron chi connectivity index (χ2n) is 6.12. The molecule has 0 aliphatic heterocycles. The molecule has 1 aliphatic rings. The maximum atomic E-state index is 12.1. The fourth-order valence-corrected chi connectivity index (χ4v) is 2.92. The molecule has 2 aromatic rings. The second-order valence-corrected chi connectivity index (χ2v) is 6.12. The van der Waals surface area contributed by atoms with Crippen molar-refractivity contribution in [2.75, 3.05) is 5.32 Å². The van der Waals surface area contributed by atoms with Crippen LogP contribution in [0.4, 0.5) is 5.82 Å². The highest BCUT2D eigenvalue weighted by molar-refractivity contribution is 5.91. The van der Waals surface area contributed by atoms with Gasteiger partial charge in [0.2, 0.25) is 0 Å². The topological polar surface area (TPSA) is 79.8 Å². The van der Waals surface area contributed by atoms with Crippen LogP contribution in [0.15, 0.2) is 36.8 Å². The van der Waals surface area contributed by atoms with Crippen molar-refractivity contribution in [3.8, 4) is 0 Å². The van der Waals surface area contributed by atoms with Crippen molar-refractivity contribution in [1.82, 2.24) is 20.3 Å². The number of nitrogens with one attached hydrogen (secondary N) is 2. The summed E-state index contributed by atoms with van der Waals surface area (Å²) in [5, 5.41) is 6.23. The Morgan fingerprint density at radius 1 is 1.04 bits per heavy atom. The molecule has 1 aliphatic carbocycles. The largest absolute Gasteiger partial charge is 0.366 e. The first kappa shape index (κ1) is 16.4. The van der Waals surface area contributed by atoms with Crippen LogP contribution in [-0.2, 0) is 6.54 Å². The Bertz CT molecular complexity index is 636. The van der Waals surface area contributed by atoms with Crippen LogP contribution < -0.4 is 10.6 Å². The average Bonchev–Trinajstić information content (AvgIpc) is 2.90. The van der Waals surface area contributed by atoms with E-state index in [1.807, 2.05) is 18.2 Å². The van der Waals surface area contributed by atoms with Crippen molar-refractivity contribution in [2.24, 2.45) is 0 Å². The first-order valence-corrected chi connectivity index (χ1v) is 8.58. The van der Waals surface area contributed by atoms with Crippen molar-refractivity contribution in [3.63, 3.8) is 0 Å². The second kappa shape index (κ2) is 8.38. The van der Waals surface area contributed by atoms with Gasteiger partial charge in [-0.15, -0.1) is 0 Å². The molecule has 1 fully saturated rings. The lowest BCUT2D eigenvalue weighted by atomic mass is 10.1. The SMILES string of the molecule is O=C(NCc1ccccn1)c1cnc(NC2CCCCCC2)cn1. The number of amides is 1. The summed E-state index contributed by atoms with van der Waals surface area (Å²) in [5.41, 5.74) is 1.13. The summed E-state index contributed by atoms with van der Waals surface area (Å²) in [6.07, 6.45) is 12.4. The van der Waals surface area contributed by atoms with Crippen LogP contribution >= 0.6 is 0 Å². The number of aromatic nitrogens is 3. The van der Waals surface area contributed by atoms with Gasteiger partial charge in [0.1, 0.15) is 11.5 Å². The highest BCUT2D eigenvalue weighted by Crippen LogP contribution is 2.20. The molecule has 2 heterocycles. The lowest BCUT2D eigenvalue weighted by Gasteiger charge is -2.16. The van der Waals surface area contributed by atoms with E-state index in [-0.39, 0.29) is 5.91 Å². The van der Waals surface area contributed by atoms with Gasteiger partial charge in [-0.25, -0.2) is 9.97 Å². The molecular weight excluding hydrogens is 302 g/mol. The lowest BCUT2D eigenvalue weighted by Crippen LogP contribution is -2.25. The molecule has 6 heteroatoms. The Morgan fingerprint density at radius 2 is 1.88 bits per heavy atom. The van der Waals surface area contributed by atoms with Crippen LogP contribution in [-0.4, -0.2) is 26.9 Å². The fourth-order valence-electron chi connectivity index (χ4n) is 2.92. The van der Waals surface area contributed by atoms with Crippen molar-refractivity contribution in [3.05, 3.63) is 48.2 Å². The molecule has 6 nitrogen and oxygen atoms in total. The smallest absolute Gasteiger partial charge is 0.271 e. The Kier molecular flexibility index (Phi) is 5.71. The van der Waals surface area contributed by atoms with Crippen molar-refractivity contribution in [2.45, 2.75) is 51.1 Å². The van der Waals surface area contributed by atoms with Crippen molar-refractivity contribution >= 4 is 11.7 Å². The molecule has 0 saturated heterocycles. The van der Waals surface area contributed by atoms with Crippen LogP contribution in [0.3, 0.4) is 0 Å². The number of carbonyl (C=O) groups is 1. The predicted octanol–water partition coefficient (Wildman–Crippen LogP) is 2.94. The normalized spacial score (nSPS) is 15.5. The van der Waals surface area contributed by atoms with Crippen molar-refractivity contribution in [1.29, 1.82) is 0 Å². The summed E-state index contributed by atoms with van der Waals surface area (Å²) in [6.45, 7) is 0.378. The molecule has 24 heavy (non-hydrogen) atoms. The van der Waals surface area contributed by atoms with Gasteiger partial charge in [-0.05, 0) is 25.0 Å². The van der Waals surface area contributed by atoms with E-state index in [0.29, 0.717) is 18.3 Å². The highest BCUT2D eigenvalue weighted by Gasteiger charge is 2.13. The minimum Gasteiger partial charge on any atom is -0.366 e. The van der Waals surface area contributed by atoms with E-state index in [2.05, 4.69) is 25.6 Å². The first-order chi connectivity index (χ1) is 11.8. The summed E-state index contributed by atoms with van der Waals surface area (Å²) >= 11 is 0. The van der Waals surface area contributed by atoms with E-state index in [9.17, 15) is 4.79 Å². The Morgan fingerprint density at radius 3 is 2.54 bits per heavy atom. The van der Waals surface area contributed by atoms with Crippen LogP contribution in [0.5, 0.6) is 0 Å². The third-order valence-electron chi connectivity index (χ3n) is 4.25. The maximum Gasteiger partial charge on any atom is 0.271 e. The maximum absolute atomic E-state index is 12.1. The number of hydrogen-bond acceptors (Lipinski definition) is 5. The molecular formula is C18H23N5O. The van der Waals surface area contributed by atoms with E-state index in [1.54, 1.807) is 12.4 Å². The zero-order chi connectivity index (χ0) is 16.6. The number of nitrogens with zero attached hydrogens (tertiary/aromatic N) is 3. The molecule has 0 spiro atoms. The molecule has 0 radical (unpaired) electrons. The molecule has 3 rings (SSSR count). The summed E-state index contributed by atoms with van der Waals surface area (Å²) in [7, 11) is 0. The van der Waals surface area contributed by atoms with E-state index < -0.39 is 0 Å². The number of pyridine rings is 1. The summed E-state index contributed by atoms with van der Waals surface area (Å²) < 4.78 is 0. The molecule has 1 amide bonds. The van der Waals surface area contributed by atoms with Gasteiger partial charge in [0, 0.05) is 12.2 Å².